The Morgan fingerprint density at radius 1 is 1.10 bits per heavy atom. The van der Waals surface area contributed by atoms with Crippen LogP contribution in [-0.4, -0.2) is 32.1 Å². The van der Waals surface area contributed by atoms with Crippen molar-refractivity contribution in [2.24, 2.45) is 5.92 Å². The molecule has 0 amide bonds. The van der Waals surface area contributed by atoms with Crippen molar-refractivity contribution in [2.45, 2.75) is 26.8 Å². The second-order valence-electron chi connectivity index (χ2n) is 7.40. The molecule has 0 unspecified atom stereocenters. The summed E-state index contributed by atoms with van der Waals surface area (Å²) in [5.41, 5.74) is 1.33. The lowest BCUT2D eigenvalue weighted by molar-refractivity contribution is 0.0971. The summed E-state index contributed by atoms with van der Waals surface area (Å²) < 4.78 is 7.90. The molecule has 0 aliphatic rings. The quantitative estimate of drug-likeness (QED) is 0.473. The zero-order chi connectivity index (χ0) is 20.5. The molecular formula is C22H22N4O3. The highest BCUT2D eigenvalue weighted by Gasteiger charge is 2.17. The smallest absolute Gasteiger partial charge is 0.351 e. The number of para-hydroxylation sites is 1. The molecule has 148 valence electrons. The third-order valence-corrected chi connectivity index (χ3v) is 4.80. The molecule has 0 spiro atoms. The van der Waals surface area contributed by atoms with E-state index in [4.69, 9.17) is 4.74 Å². The van der Waals surface area contributed by atoms with Crippen LogP contribution < -0.4 is 10.4 Å². The predicted octanol–water partition coefficient (Wildman–Crippen LogP) is 3.13. The average Bonchev–Trinajstić information content (AvgIpc) is 3.14. The third-order valence-electron chi connectivity index (χ3n) is 4.80. The van der Waals surface area contributed by atoms with Gasteiger partial charge in [-0.3, -0.25) is 9.36 Å². The average molecular weight is 390 g/mol. The maximum atomic E-state index is 13.2. The Kier molecular flexibility index (Phi) is 4.88. The number of rotatable bonds is 6. The summed E-state index contributed by atoms with van der Waals surface area (Å²) in [5, 5.41) is 5.20. The van der Waals surface area contributed by atoms with Crippen LogP contribution >= 0.6 is 0 Å². The normalized spacial score (nSPS) is 11.4. The number of Topliss-reactive ketones (excluding diaryl/α,β-unsaturated/α-hetero) is 1. The summed E-state index contributed by atoms with van der Waals surface area (Å²) in [6.07, 6.45) is 0.681. The number of carbonyl (C=O) groups excluding carboxylic acids is 1. The van der Waals surface area contributed by atoms with E-state index in [1.54, 1.807) is 31.4 Å². The molecule has 2 aromatic heterocycles. The first-order valence-electron chi connectivity index (χ1n) is 9.52. The highest BCUT2D eigenvalue weighted by Crippen LogP contribution is 2.19. The summed E-state index contributed by atoms with van der Waals surface area (Å²) >= 11 is 0. The maximum Gasteiger partial charge on any atom is 0.351 e. The number of aromatic nitrogens is 4. The molecule has 0 bridgehead atoms. The summed E-state index contributed by atoms with van der Waals surface area (Å²) in [6.45, 7) is 4.08. The van der Waals surface area contributed by atoms with Crippen molar-refractivity contribution >= 4 is 22.3 Å². The monoisotopic (exact) mass is 390 g/mol. The number of hydrogen-bond donors (Lipinski definition) is 0. The number of methoxy groups -OCH3 is 1. The Hall–Kier alpha value is -3.48. The number of hydrogen-bond acceptors (Lipinski definition) is 5. The molecule has 0 saturated heterocycles. The van der Waals surface area contributed by atoms with Gasteiger partial charge in [-0.2, -0.15) is 4.52 Å². The van der Waals surface area contributed by atoms with Crippen LogP contribution in [0.3, 0.4) is 0 Å². The van der Waals surface area contributed by atoms with Crippen molar-refractivity contribution < 1.29 is 9.53 Å². The van der Waals surface area contributed by atoms with Crippen molar-refractivity contribution in [1.82, 2.24) is 19.2 Å². The highest BCUT2D eigenvalue weighted by atomic mass is 16.5. The number of ketones is 1. The third kappa shape index (κ3) is 3.51. The summed E-state index contributed by atoms with van der Waals surface area (Å²) in [7, 11) is 1.57. The molecule has 29 heavy (non-hydrogen) atoms. The van der Waals surface area contributed by atoms with E-state index >= 15 is 0 Å². The summed E-state index contributed by atoms with van der Waals surface area (Å²) in [5.74, 6) is 1.51. The van der Waals surface area contributed by atoms with Crippen LogP contribution in [0.25, 0.3) is 16.6 Å². The van der Waals surface area contributed by atoms with E-state index in [-0.39, 0.29) is 18.0 Å². The first-order valence-corrected chi connectivity index (χ1v) is 9.52. The molecule has 0 saturated carbocycles. The number of carbonyl (C=O) groups is 1. The zero-order valence-electron chi connectivity index (χ0n) is 16.6. The van der Waals surface area contributed by atoms with Gasteiger partial charge in [0.05, 0.1) is 19.2 Å². The summed E-state index contributed by atoms with van der Waals surface area (Å²) in [4.78, 5) is 30.6. The lowest BCUT2D eigenvalue weighted by Crippen LogP contribution is -2.30. The molecule has 0 radical (unpaired) electrons. The zero-order valence-corrected chi connectivity index (χ0v) is 16.6. The molecule has 0 atom stereocenters. The number of fused-ring (bicyclic) bond motifs is 3. The van der Waals surface area contributed by atoms with Crippen LogP contribution in [0.5, 0.6) is 5.75 Å². The molecule has 0 N–H and O–H groups in total. The molecule has 0 aliphatic heterocycles. The van der Waals surface area contributed by atoms with Crippen LogP contribution in [0.15, 0.2) is 53.3 Å². The molecule has 2 heterocycles. The van der Waals surface area contributed by atoms with E-state index in [1.807, 2.05) is 24.3 Å². The number of nitrogens with zero attached hydrogens (tertiary/aromatic N) is 4. The van der Waals surface area contributed by atoms with Gasteiger partial charge in [-0.1, -0.05) is 26.0 Å². The summed E-state index contributed by atoms with van der Waals surface area (Å²) in [6, 6.07) is 14.3. The molecule has 0 fully saturated rings. The van der Waals surface area contributed by atoms with E-state index in [2.05, 4.69) is 23.9 Å². The lowest BCUT2D eigenvalue weighted by atomic mass is 10.1. The fourth-order valence-electron chi connectivity index (χ4n) is 3.39. The Labute approximate surface area is 167 Å². The van der Waals surface area contributed by atoms with Gasteiger partial charge in [0.15, 0.2) is 17.3 Å². The van der Waals surface area contributed by atoms with Crippen LogP contribution in [0.4, 0.5) is 0 Å². The SMILES string of the molecule is COc1ccc(C(=O)Cn2c(=O)n3nc(CC(C)C)nc3c3ccccc32)cc1. The van der Waals surface area contributed by atoms with Gasteiger partial charge in [-0.15, -0.1) is 5.10 Å². The van der Waals surface area contributed by atoms with Crippen LogP contribution in [0, 0.1) is 5.92 Å². The molecule has 7 heteroatoms. The number of benzene rings is 2. The van der Waals surface area contributed by atoms with Crippen molar-refractivity contribution in [1.29, 1.82) is 0 Å². The van der Waals surface area contributed by atoms with E-state index in [1.165, 1.54) is 9.08 Å². The minimum Gasteiger partial charge on any atom is -0.497 e. The van der Waals surface area contributed by atoms with Gasteiger partial charge in [-0.25, -0.2) is 9.78 Å². The van der Waals surface area contributed by atoms with Gasteiger partial charge in [-0.05, 0) is 42.3 Å². The highest BCUT2D eigenvalue weighted by molar-refractivity contribution is 5.98. The van der Waals surface area contributed by atoms with Gasteiger partial charge < -0.3 is 4.74 Å². The van der Waals surface area contributed by atoms with Crippen LogP contribution in [0.1, 0.15) is 30.0 Å². The minimum atomic E-state index is -0.372. The predicted molar refractivity (Wildman–Crippen MR) is 111 cm³/mol. The Bertz CT molecular complexity index is 1250. The molecular weight excluding hydrogens is 368 g/mol. The molecule has 0 aliphatic carbocycles. The van der Waals surface area contributed by atoms with E-state index in [0.717, 1.165) is 5.39 Å². The second-order valence-corrected chi connectivity index (χ2v) is 7.40. The van der Waals surface area contributed by atoms with E-state index in [0.29, 0.717) is 40.6 Å². The fraction of sp³-hybridized carbons (Fsp3) is 0.273. The second kappa shape index (κ2) is 7.50. The Morgan fingerprint density at radius 3 is 2.52 bits per heavy atom. The number of ether oxygens (including phenoxy) is 1. The molecule has 4 rings (SSSR count). The minimum absolute atomic E-state index is 0.0824. The standard InChI is InChI=1S/C22H22N4O3/c1-14(2)12-20-23-21-17-6-4-5-7-18(17)25(22(28)26(21)24-20)13-19(27)15-8-10-16(29-3)11-9-15/h4-11,14H,12-13H2,1-3H3. The van der Waals surface area contributed by atoms with Crippen LogP contribution in [-0.2, 0) is 13.0 Å². The van der Waals surface area contributed by atoms with Gasteiger partial charge in [0, 0.05) is 17.4 Å². The first-order chi connectivity index (χ1) is 14.0. The van der Waals surface area contributed by atoms with E-state index in [9.17, 15) is 9.59 Å². The molecule has 7 nitrogen and oxygen atoms in total. The fourth-order valence-corrected chi connectivity index (χ4v) is 3.39. The Balaban J connectivity index is 1.83. The maximum absolute atomic E-state index is 13.2. The molecule has 4 aromatic rings. The Morgan fingerprint density at radius 2 is 1.83 bits per heavy atom. The van der Waals surface area contributed by atoms with Crippen LogP contribution in [0.2, 0.25) is 0 Å². The van der Waals surface area contributed by atoms with Gasteiger partial charge >= 0.3 is 5.69 Å². The van der Waals surface area contributed by atoms with Gasteiger partial charge in [0.2, 0.25) is 0 Å². The van der Waals surface area contributed by atoms with Crippen molar-refractivity contribution in [3.8, 4) is 5.75 Å². The van der Waals surface area contributed by atoms with Crippen molar-refractivity contribution in [2.75, 3.05) is 7.11 Å². The van der Waals surface area contributed by atoms with E-state index < -0.39 is 0 Å². The van der Waals surface area contributed by atoms with Gasteiger partial charge in [0.1, 0.15) is 5.75 Å². The topological polar surface area (TPSA) is 78.5 Å². The van der Waals surface area contributed by atoms with Crippen molar-refractivity contribution in [3.05, 3.63) is 70.4 Å². The first kappa shape index (κ1) is 18.9. The van der Waals surface area contributed by atoms with Crippen molar-refractivity contribution in [3.63, 3.8) is 0 Å². The molecule has 2 aromatic carbocycles. The lowest BCUT2D eigenvalue weighted by Gasteiger charge is -2.10. The largest absolute Gasteiger partial charge is 0.497 e. The van der Waals surface area contributed by atoms with Gasteiger partial charge in [0.25, 0.3) is 0 Å².